The Morgan fingerprint density at radius 1 is 1.27 bits per heavy atom. The topological polar surface area (TPSA) is 95.4 Å². The quantitative estimate of drug-likeness (QED) is 0.309. The van der Waals surface area contributed by atoms with E-state index in [0.29, 0.717) is 22.0 Å². The van der Waals surface area contributed by atoms with E-state index < -0.39 is 6.04 Å². The normalized spacial score (nSPS) is 13.1. The second-order valence-corrected chi connectivity index (χ2v) is 9.21. The summed E-state index contributed by atoms with van der Waals surface area (Å²) >= 11 is 6.61. The standard InChI is InChI=1S/C29H30ClN5O2/c1-6-17(2)26(32-5)21-15-18(3)34-28-20(21)9-7-11-25(28)37-16-22-23(30)12-13-33-27(22)19(4)35-14-8-10-24(31)29(35)36/h6-15,19H,16,31H2,1-5H3/b17-6-,32-26+. The molecular weight excluding hydrogens is 486 g/mol. The molecule has 190 valence electrons. The van der Waals surface area contributed by atoms with E-state index in [1.165, 1.54) is 0 Å². The highest BCUT2D eigenvalue weighted by Gasteiger charge is 2.20. The van der Waals surface area contributed by atoms with E-state index in [1.807, 2.05) is 58.0 Å². The van der Waals surface area contributed by atoms with Gasteiger partial charge < -0.3 is 15.0 Å². The molecule has 0 aliphatic heterocycles. The van der Waals surface area contributed by atoms with E-state index in [0.717, 1.165) is 33.4 Å². The van der Waals surface area contributed by atoms with Crippen LogP contribution in [0.4, 0.5) is 5.69 Å². The van der Waals surface area contributed by atoms with E-state index in [4.69, 9.17) is 27.1 Å². The second kappa shape index (κ2) is 11.0. The Balaban J connectivity index is 1.76. The van der Waals surface area contributed by atoms with Crippen LogP contribution in [0.5, 0.6) is 5.75 Å². The van der Waals surface area contributed by atoms with Gasteiger partial charge in [0.15, 0.2) is 0 Å². The number of rotatable bonds is 7. The molecule has 0 saturated heterocycles. The SMILES string of the molecule is C/C=C(C)\C(=N/C)c1cc(C)nc2c(OCc3c(Cl)ccnc3C(C)n3cccc(N)c3=O)cccc12. The zero-order chi connectivity index (χ0) is 26.7. The largest absolute Gasteiger partial charge is 0.486 e. The summed E-state index contributed by atoms with van der Waals surface area (Å²) in [5, 5.41) is 1.45. The highest BCUT2D eigenvalue weighted by atomic mass is 35.5. The third kappa shape index (κ3) is 5.13. The molecule has 0 amide bonds. The number of nitrogens with two attached hydrogens (primary N) is 1. The lowest BCUT2D eigenvalue weighted by molar-refractivity contribution is 0.306. The minimum atomic E-state index is -0.403. The van der Waals surface area contributed by atoms with Crippen molar-refractivity contribution in [3.63, 3.8) is 0 Å². The number of benzene rings is 1. The number of aromatic nitrogens is 3. The molecule has 3 heterocycles. The zero-order valence-corrected chi connectivity index (χ0v) is 22.4. The predicted molar refractivity (Wildman–Crippen MR) is 151 cm³/mol. The molecule has 0 fully saturated rings. The molecule has 3 aromatic heterocycles. The number of pyridine rings is 3. The lowest BCUT2D eigenvalue weighted by Gasteiger charge is -2.20. The van der Waals surface area contributed by atoms with Gasteiger partial charge >= 0.3 is 0 Å². The van der Waals surface area contributed by atoms with Crippen LogP contribution in [0.15, 0.2) is 76.3 Å². The molecule has 0 saturated carbocycles. The van der Waals surface area contributed by atoms with Crippen molar-refractivity contribution in [2.24, 2.45) is 4.99 Å². The summed E-state index contributed by atoms with van der Waals surface area (Å²) in [6.45, 7) is 8.03. The van der Waals surface area contributed by atoms with Gasteiger partial charge in [0, 0.05) is 41.6 Å². The predicted octanol–water partition coefficient (Wildman–Crippen LogP) is 5.91. The van der Waals surface area contributed by atoms with Crippen LogP contribution in [0.2, 0.25) is 5.02 Å². The van der Waals surface area contributed by atoms with Gasteiger partial charge in [0.25, 0.3) is 5.56 Å². The Bertz CT molecular complexity index is 1590. The van der Waals surface area contributed by atoms with Crippen LogP contribution in [0.1, 0.15) is 49.3 Å². The summed E-state index contributed by atoms with van der Waals surface area (Å²) in [6.07, 6.45) is 5.36. The molecule has 8 heteroatoms. The number of halogens is 1. The van der Waals surface area contributed by atoms with Crippen LogP contribution in [0.3, 0.4) is 0 Å². The Hall–Kier alpha value is -3.97. The number of aryl methyl sites for hydroxylation is 1. The van der Waals surface area contributed by atoms with Crippen molar-refractivity contribution in [2.45, 2.75) is 40.3 Å². The van der Waals surface area contributed by atoms with Gasteiger partial charge in [-0.25, -0.2) is 4.98 Å². The summed E-state index contributed by atoms with van der Waals surface area (Å²) in [6, 6.07) is 12.5. The van der Waals surface area contributed by atoms with Crippen LogP contribution in [0.25, 0.3) is 10.9 Å². The van der Waals surface area contributed by atoms with Crippen molar-refractivity contribution in [3.05, 3.63) is 104 Å². The number of anilines is 1. The molecule has 4 aromatic rings. The smallest absolute Gasteiger partial charge is 0.274 e. The second-order valence-electron chi connectivity index (χ2n) is 8.80. The summed E-state index contributed by atoms with van der Waals surface area (Å²) in [5.41, 5.74) is 11.7. The number of nitrogen functional groups attached to an aromatic ring is 1. The van der Waals surface area contributed by atoms with Gasteiger partial charge in [-0.15, -0.1) is 0 Å². The van der Waals surface area contributed by atoms with E-state index in [9.17, 15) is 4.79 Å². The molecule has 2 N–H and O–H groups in total. The van der Waals surface area contributed by atoms with Crippen LogP contribution in [-0.4, -0.2) is 27.3 Å². The number of hydrogen-bond acceptors (Lipinski definition) is 6. The molecule has 0 aliphatic carbocycles. The summed E-state index contributed by atoms with van der Waals surface area (Å²) in [4.78, 5) is 26.5. The first-order valence-corrected chi connectivity index (χ1v) is 12.4. The minimum Gasteiger partial charge on any atom is -0.486 e. The molecule has 37 heavy (non-hydrogen) atoms. The maximum atomic E-state index is 12.6. The van der Waals surface area contributed by atoms with Gasteiger partial charge in [-0.1, -0.05) is 29.8 Å². The van der Waals surface area contributed by atoms with E-state index >= 15 is 0 Å². The van der Waals surface area contributed by atoms with Gasteiger partial charge in [-0.05, 0) is 63.6 Å². The van der Waals surface area contributed by atoms with Crippen molar-refractivity contribution in [3.8, 4) is 5.75 Å². The summed E-state index contributed by atoms with van der Waals surface area (Å²) in [5.74, 6) is 0.621. The number of nitrogens with zero attached hydrogens (tertiary/aromatic N) is 4. The minimum absolute atomic E-state index is 0.149. The molecule has 0 radical (unpaired) electrons. The highest BCUT2D eigenvalue weighted by molar-refractivity contribution is 6.31. The molecule has 4 rings (SSSR count). The molecule has 1 atom stereocenters. The molecule has 0 bridgehead atoms. The first kappa shape index (κ1) is 26.1. The number of hydrogen-bond donors (Lipinski definition) is 1. The van der Waals surface area contributed by atoms with Gasteiger partial charge in [0.2, 0.25) is 0 Å². The third-order valence-electron chi connectivity index (χ3n) is 6.44. The maximum absolute atomic E-state index is 12.6. The average molecular weight is 516 g/mol. The van der Waals surface area contributed by atoms with Gasteiger partial charge in [-0.3, -0.25) is 14.8 Å². The maximum Gasteiger partial charge on any atom is 0.274 e. The lowest BCUT2D eigenvalue weighted by atomic mass is 9.98. The van der Waals surface area contributed by atoms with E-state index in [2.05, 4.69) is 9.98 Å². The van der Waals surface area contributed by atoms with Gasteiger partial charge in [0.1, 0.15) is 17.9 Å². The van der Waals surface area contributed by atoms with Crippen molar-refractivity contribution >= 4 is 33.9 Å². The lowest BCUT2D eigenvalue weighted by Crippen LogP contribution is -2.26. The van der Waals surface area contributed by atoms with Crippen LogP contribution in [0, 0.1) is 6.92 Å². The molecule has 0 aliphatic rings. The Morgan fingerprint density at radius 3 is 2.78 bits per heavy atom. The zero-order valence-electron chi connectivity index (χ0n) is 21.6. The molecule has 1 unspecified atom stereocenters. The van der Waals surface area contributed by atoms with Crippen molar-refractivity contribution in [2.75, 3.05) is 12.8 Å². The number of para-hydroxylation sites is 1. The fourth-order valence-corrected chi connectivity index (χ4v) is 4.62. The summed E-state index contributed by atoms with van der Waals surface area (Å²) < 4.78 is 7.87. The molecule has 1 aromatic carbocycles. The molecule has 7 nitrogen and oxygen atoms in total. The number of allylic oxidation sites excluding steroid dienone is 2. The monoisotopic (exact) mass is 515 g/mol. The van der Waals surface area contributed by atoms with Crippen LogP contribution in [-0.2, 0) is 6.61 Å². The van der Waals surface area contributed by atoms with Crippen LogP contribution < -0.4 is 16.0 Å². The van der Waals surface area contributed by atoms with E-state index in [-0.39, 0.29) is 17.9 Å². The fraction of sp³-hybridized carbons (Fsp3) is 0.241. The van der Waals surface area contributed by atoms with Gasteiger partial charge in [-0.2, -0.15) is 0 Å². The molecular formula is C29H30ClN5O2. The van der Waals surface area contributed by atoms with Crippen molar-refractivity contribution < 1.29 is 4.74 Å². The van der Waals surface area contributed by atoms with Gasteiger partial charge in [0.05, 0.1) is 28.2 Å². The molecule has 0 spiro atoms. The van der Waals surface area contributed by atoms with Crippen LogP contribution >= 0.6 is 11.6 Å². The third-order valence-corrected chi connectivity index (χ3v) is 6.79. The first-order chi connectivity index (χ1) is 17.8. The number of aliphatic imine (C=N–C) groups is 1. The van der Waals surface area contributed by atoms with Crippen molar-refractivity contribution in [1.29, 1.82) is 0 Å². The Labute approximate surface area is 221 Å². The first-order valence-electron chi connectivity index (χ1n) is 12.0. The fourth-order valence-electron chi connectivity index (χ4n) is 4.41. The Morgan fingerprint density at radius 2 is 2.05 bits per heavy atom. The number of ether oxygens (including phenoxy) is 1. The van der Waals surface area contributed by atoms with Crippen molar-refractivity contribution in [1.82, 2.24) is 14.5 Å². The van der Waals surface area contributed by atoms with E-state index in [1.54, 1.807) is 42.2 Å². The number of fused-ring (bicyclic) bond motifs is 1. The summed E-state index contributed by atoms with van der Waals surface area (Å²) in [7, 11) is 1.79. The highest BCUT2D eigenvalue weighted by Crippen LogP contribution is 2.31. The Kier molecular flexibility index (Phi) is 7.74. The average Bonchev–Trinajstić information content (AvgIpc) is 2.89.